The predicted molar refractivity (Wildman–Crippen MR) is 98.4 cm³/mol. The minimum absolute atomic E-state index is 0.484. The molecule has 0 radical (unpaired) electrons. The standard InChI is InChI=1S/C18H21N5O2/c1-13-16(14(8-7-11-24)12-22(2)3)21-23(17(13)20-18(19)25)15-9-5-4-6-10-15/h4-12H,1-3H3,(H3,19,20,25)/b8-7-,14-12+. The molecule has 0 saturated heterocycles. The number of carbonyl (C=O) groups is 2. The molecule has 0 aliphatic heterocycles. The minimum Gasteiger partial charge on any atom is -0.383 e. The first-order chi connectivity index (χ1) is 11.9. The van der Waals surface area contributed by atoms with Crippen LogP contribution in [0.25, 0.3) is 11.3 Å². The molecule has 1 heterocycles. The molecular formula is C18H21N5O2. The number of aldehydes is 1. The Morgan fingerprint density at radius 1 is 1.28 bits per heavy atom. The molecule has 0 spiro atoms. The zero-order valence-corrected chi connectivity index (χ0v) is 14.4. The average molecular weight is 339 g/mol. The molecule has 3 N–H and O–H groups in total. The molecule has 7 heteroatoms. The van der Waals surface area contributed by atoms with E-state index in [4.69, 9.17) is 5.73 Å². The third-order valence-electron chi connectivity index (χ3n) is 3.39. The van der Waals surface area contributed by atoms with E-state index in [1.165, 1.54) is 6.08 Å². The number of rotatable bonds is 6. The monoisotopic (exact) mass is 339 g/mol. The van der Waals surface area contributed by atoms with Crippen LogP contribution in [0.3, 0.4) is 0 Å². The smallest absolute Gasteiger partial charge is 0.317 e. The van der Waals surface area contributed by atoms with Crippen molar-refractivity contribution in [2.24, 2.45) is 5.73 Å². The zero-order valence-electron chi connectivity index (χ0n) is 14.4. The van der Waals surface area contributed by atoms with Gasteiger partial charge >= 0.3 is 6.03 Å². The van der Waals surface area contributed by atoms with Gasteiger partial charge in [-0.2, -0.15) is 5.10 Å². The molecule has 130 valence electrons. The Morgan fingerprint density at radius 3 is 2.52 bits per heavy atom. The van der Waals surface area contributed by atoms with Crippen LogP contribution in [0.5, 0.6) is 0 Å². The number of nitrogens with zero attached hydrogens (tertiary/aromatic N) is 3. The van der Waals surface area contributed by atoms with E-state index in [9.17, 15) is 9.59 Å². The lowest BCUT2D eigenvalue weighted by molar-refractivity contribution is -0.104. The van der Waals surface area contributed by atoms with Crippen LogP contribution in [-0.2, 0) is 4.79 Å². The second-order valence-electron chi connectivity index (χ2n) is 5.60. The number of carbonyl (C=O) groups excluding carboxylic acids is 2. The number of nitrogens with one attached hydrogen (secondary N) is 1. The van der Waals surface area contributed by atoms with Gasteiger partial charge in [-0.3, -0.25) is 10.1 Å². The lowest BCUT2D eigenvalue weighted by atomic mass is 10.1. The third-order valence-corrected chi connectivity index (χ3v) is 3.39. The van der Waals surface area contributed by atoms with Gasteiger partial charge in [-0.15, -0.1) is 0 Å². The number of anilines is 1. The van der Waals surface area contributed by atoms with E-state index in [-0.39, 0.29) is 0 Å². The predicted octanol–water partition coefficient (Wildman–Crippen LogP) is 2.33. The van der Waals surface area contributed by atoms with Crippen molar-refractivity contribution in [3.63, 3.8) is 0 Å². The van der Waals surface area contributed by atoms with Gasteiger partial charge in [0, 0.05) is 31.4 Å². The van der Waals surface area contributed by atoms with E-state index in [2.05, 4.69) is 10.4 Å². The topological polar surface area (TPSA) is 93.2 Å². The summed E-state index contributed by atoms with van der Waals surface area (Å²) in [6.45, 7) is 1.84. The first-order valence-electron chi connectivity index (χ1n) is 7.66. The highest BCUT2D eigenvalue weighted by atomic mass is 16.2. The fourth-order valence-corrected chi connectivity index (χ4v) is 2.39. The summed E-state index contributed by atoms with van der Waals surface area (Å²) in [6, 6.07) is 8.73. The molecule has 0 aliphatic rings. The van der Waals surface area contributed by atoms with Crippen molar-refractivity contribution in [3.8, 4) is 5.69 Å². The molecule has 0 unspecified atom stereocenters. The number of primary amides is 1. The summed E-state index contributed by atoms with van der Waals surface area (Å²) >= 11 is 0. The van der Waals surface area contributed by atoms with Crippen molar-refractivity contribution in [1.29, 1.82) is 0 Å². The van der Waals surface area contributed by atoms with Crippen LogP contribution in [0, 0.1) is 6.92 Å². The zero-order chi connectivity index (χ0) is 18.4. The molecule has 7 nitrogen and oxygen atoms in total. The number of para-hydroxylation sites is 1. The normalized spacial score (nSPS) is 11.6. The largest absolute Gasteiger partial charge is 0.383 e. The van der Waals surface area contributed by atoms with E-state index in [0.717, 1.165) is 16.8 Å². The summed E-state index contributed by atoms with van der Waals surface area (Å²) in [5.41, 5.74) is 8.21. The lowest BCUT2D eigenvalue weighted by Crippen LogP contribution is -2.21. The molecule has 0 saturated carbocycles. The highest BCUT2D eigenvalue weighted by Gasteiger charge is 2.18. The molecule has 25 heavy (non-hydrogen) atoms. The highest BCUT2D eigenvalue weighted by molar-refractivity contribution is 5.90. The van der Waals surface area contributed by atoms with Crippen LogP contribution >= 0.6 is 0 Å². The summed E-state index contributed by atoms with van der Waals surface area (Å²) in [5, 5.41) is 7.25. The number of allylic oxidation sites excluding steroid dienone is 3. The molecule has 1 aromatic carbocycles. The first kappa shape index (κ1) is 18.0. The SMILES string of the molecule is Cc1c(C(/C=C\C=O)=C/N(C)C)nn(-c2ccccc2)c1NC(N)=O. The van der Waals surface area contributed by atoms with Gasteiger partial charge in [0.1, 0.15) is 12.1 Å². The first-order valence-corrected chi connectivity index (χ1v) is 7.66. The van der Waals surface area contributed by atoms with Gasteiger partial charge in [0.2, 0.25) is 0 Å². The summed E-state index contributed by atoms with van der Waals surface area (Å²) in [7, 11) is 3.75. The maximum absolute atomic E-state index is 11.4. The van der Waals surface area contributed by atoms with Crippen LogP contribution in [-0.4, -0.2) is 41.1 Å². The molecule has 0 aliphatic carbocycles. The van der Waals surface area contributed by atoms with Gasteiger partial charge in [-0.1, -0.05) is 18.2 Å². The Balaban J connectivity index is 2.66. The summed E-state index contributed by atoms with van der Waals surface area (Å²) in [5.74, 6) is 0.484. The Kier molecular flexibility index (Phi) is 5.73. The maximum Gasteiger partial charge on any atom is 0.317 e. The third kappa shape index (κ3) is 4.35. The summed E-state index contributed by atoms with van der Waals surface area (Å²) < 4.78 is 1.62. The van der Waals surface area contributed by atoms with Crippen LogP contribution in [0.15, 0.2) is 48.7 Å². The minimum atomic E-state index is -0.673. The Labute approximate surface area is 146 Å². The molecule has 2 aromatic rings. The molecule has 0 atom stereocenters. The van der Waals surface area contributed by atoms with Gasteiger partial charge in [0.15, 0.2) is 0 Å². The van der Waals surface area contributed by atoms with Crippen molar-refractivity contribution in [3.05, 3.63) is 59.9 Å². The Bertz CT molecular complexity index is 819. The number of urea groups is 1. The van der Waals surface area contributed by atoms with Crippen molar-refractivity contribution < 1.29 is 9.59 Å². The number of amides is 2. The molecular weight excluding hydrogens is 318 g/mol. The number of benzene rings is 1. The van der Waals surface area contributed by atoms with Crippen LogP contribution in [0.1, 0.15) is 11.3 Å². The lowest BCUT2D eigenvalue weighted by Gasteiger charge is -2.08. The molecule has 2 rings (SSSR count). The highest BCUT2D eigenvalue weighted by Crippen LogP contribution is 2.28. The number of hydrogen-bond donors (Lipinski definition) is 2. The number of aromatic nitrogens is 2. The van der Waals surface area contributed by atoms with E-state index in [0.29, 0.717) is 17.8 Å². The van der Waals surface area contributed by atoms with Crippen LogP contribution in [0.2, 0.25) is 0 Å². The van der Waals surface area contributed by atoms with Gasteiger partial charge in [0.05, 0.1) is 11.4 Å². The van der Waals surface area contributed by atoms with E-state index < -0.39 is 6.03 Å². The molecule has 1 aromatic heterocycles. The summed E-state index contributed by atoms with van der Waals surface area (Å²) in [6.07, 6.45) is 5.62. The van der Waals surface area contributed by atoms with Crippen LogP contribution < -0.4 is 11.1 Å². The van der Waals surface area contributed by atoms with Gasteiger partial charge in [-0.05, 0) is 31.2 Å². The maximum atomic E-state index is 11.4. The second-order valence-corrected chi connectivity index (χ2v) is 5.60. The van der Waals surface area contributed by atoms with E-state index in [1.54, 1.807) is 10.8 Å². The quantitative estimate of drug-likeness (QED) is 0.480. The van der Waals surface area contributed by atoms with E-state index in [1.807, 2.05) is 62.5 Å². The number of hydrogen-bond acceptors (Lipinski definition) is 4. The van der Waals surface area contributed by atoms with Crippen molar-refractivity contribution >= 4 is 23.7 Å². The fourth-order valence-electron chi connectivity index (χ4n) is 2.39. The summed E-state index contributed by atoms with van der Waals surface area (Å²) in [4.78, 5) is 24.0. The molecule has 0 fully saturated rings. The van der Waals surface area contributed by atoms with Gasteiger partial charge < -0.3 is 10.6 Å². The van der Waals surface area contributed by atoms with E-state index >= 15 is 0 Å². The fraction of sp³-hybridized carbons (Fsp3) is 0.167. The van der Waals surface area contributed by atoms with Crippen LogP contribution in [0.4, 0.5) is 10.6 Å². The number of nitrogens with two attached hydrogens (primary N) is 1. The second kappa shape index (κ2) is 7.96. The van der Waals surface area contributed by atoms with Crippen molar-refractivity contribution in [2.45, 2.75) is 6.92 Å². The average Bonchev–Trinajstić information content (AvgIpc) is 2.88. The van der Waals surface area contributed by atoms with Gasteiger partial charge in [-0.25, -0.2) is 9.48 Å². The van der Waals surface area contributed by atoms with Crippen molar-refractivity contribution in [1.82, 2.24) is 14.7 Å². The Hall–Kier alpha value is -3.35. The van der Waals surface area contributed by atoms with Crippen molar-refractivity contribution in [2.75, 3.05) is 19.4 Å². The molecule has 2 amide bonds. The molecule has 0 bridgehead atoms. The van der Waals surface area contributed by atoms with Gasteiger partial charge in [0.25, 0.3) is 0 Å². The Morgan fingerprint density at radius 2 is 1.96 bits per heavy atom.